The predicted octanol–water partition coefficient (Wildman–Crippen LogP) is 2.09. The van der Waals surface area contributed by atoms with E-state index < -0.39 is 24.1 Å². The van der Waals surface area contributed by atoms with Gasteiger partial charge in [-0.3, -0.25) is 4.79 Å². The van der Waals surface area contributed by atoms with E-state index in [4.69, 9.17) is 5.11 Å². The van der Waals surface area contributed by atoms with Gasteiger partial charge in [-0.2, -0.15) is 0 Å². The number of aliphatic carboxylic acids is 1. The minimum Gasteiger partial charge on any atom is -0.481 e. The van der Waals surface area contributed by atoms with Crippen LogP contribution in [0.2, 0.25) is 0 Å². The molecule has 3 rings (SSSR count). The Morgan fingerprint density at radius 2 is 2.00 bits per heavy atom. The van der Waals surface area contributed by atoms with Crippen molar-refractivity contribution in [1.29, 1.82) is 0 Å². The van der Waals surface area contributed by atoms with E-state index in [2.05, 4.69) is 9.97 Å². The zero-order valence-electron chi connectivity index (χ0n) is 10.3. The lowest BCUT2D eigenvalue weighted by Crippen LogP contribution is -2.51. The van der Waals surface area contributed by atoms with Crippen LogP contribution in [-0.4, -0.2) is 34.1 Å². The summed E-state index contributed by atoms with van der Waals surface area (Å²) in [5, 5.41) is 9.53. The molecule has 0 amide bonds. The highest BCUT2D eigenvalue weighted by atomic mass is 19.3. The Bertz CT molecular complexity index is 672. The number of nitrogens with zero attached hydrogens (tertiary/aromatic N) is 3. The van der Waals surface area contributed by atoms with Crippen molar-refractivity contribution in [2.45, 2.75) is 6.43 Å². The predicted molar refractivity (Wildman–Crippen MR) is 67.8 cm³/mol. The number of halogens is 2. The number of fused-ring (bicyclic) bond motifs is 1. The molecule has 0 bridgehead atoms. The molecule has 0 atom stereocenters. The lowest BCUT2D eigenvalue weighted by atomic mass is 10.00. The SMILES string of the molecule is O=C(O)C1CN(c2nc(C(F)F)nc3ccccc23)C1. The minimum absolute atomic E-state index is 0.277. The maximum atomic E-state index is 12.8. The number of anilines is 1. The summed E-state index contributed by atoms with van der Waals surface area (Å²) in [7, 11) is 0. The van der Waals surface area contributed by atoms with Crippen molar-refractivity contribution in [3.05, 3.63) is 30.1 Å². The van der Waals surface area contributed by atoms with Crippen molar-refractivity contribution in [2.24, 2.45) is 5.92 Å². The number of rotatable bonds is 3. The van der Waals surface area contributed by atoms with Gasteiger partial charge in [-0.25, -0.2) is 18.7 Å². The molecule has 1 aliphatic heterocycles. The third-order valence-electron chi connectivity index (χ3n) is 3.33. The van der Waals surface area contributed by atoms with Gasteiger partial charge in [0.15, 0.2) is 5.82 Å². The van der Waals surface area contributed by atoms with E-state index in [9.17, 15) is 13.6 Å². The van der Waals surface area contributed by atoms with Crippen molar-refractivity contribution >= 4 is 22.7 Å². The summed E-state index contributed by atoms with van der Waals surface area (Å²) < 4.78 is 25.7. The van der Waals surface area contributed by atoms with E-state index in [1.54, 1.807) is 29.2 Å². The number of carbonyl (C=O) groups is 1. The number of hydrogen-bond donors (Lipinski definition) is 1. The molecule has 1 aromatic carbocycles. The fraction of sp³-hybridized carbons (Fsp3) is 0.308. The van der Waals surface area contributed by atoms with Crippen LogP contribution < -0.4 is 4.90 Å². The highest BCUT2D eigenvalue weighted by molar-refractivity contribution is 5.90. The van der Waals surface area contributed by atoms with Crippen molar-refractivity contribution in [1.82, 2.24) is 9.97 Å². The Labute approximate surface area is 112 Å². The summed E-state index contributed by atoms with van der Waals surface area (Å²) in [6.07, 6.45) is -2.75. The second-order valence-corrected chi connectivity index (χ2v) is 4.66. The van der Waals surface area contributed by atoms with Crippen LogP contribution in [0.15, 0.2) is 24.3 Å². The molecule has 1 aliphatic rings. The first-order valence-corrected chi connectivity index (χ1v) is 6.09. The summed E-state index contributed by atoms with van der Waals surface area (Å²) in [5.74, 6) is -1.51. The van der Waals surface area contributed by atoms with Crippen LogP contribution in [0.3, 0.4) is 0 Å². The number of para-hydroxylation sites is 1. The van der Waals surface area contributed by atoms with E-state index >= 15 is 0 Å². The lowest BCUT2D eigenvalue weighted by Gasteiger charge is -2.38. The van der Waals surface area contributed by atoms with Gasteiger partial charge >= 0.3 is 5.97 Å². The molecule has 7 heteroatoms. The molecule has 2 heterocycles. The summed E-state index contributed by atoms with van der Waals surface area (Å²) in [6, 6.07) is 6.87. The molecule has 0 saturated carbocycles. The third kappa shape index (κ3) is 2.04. The maximum absolute atomic E-state index is 12.8. The van der Waals surface area contributed by atoms with Gasteiger partial charge in [-0.1, -0.05) is 12.1 Å². The van der Waals surface area contributed by atoms with Crippen molar-refractivity contribution < 1.29 is 18.7 Å². The lowest BCUT2D eigenvalue weighted by molar-refractivity contribution is -0.142. The Kier molecular flexibility index (Phi) is 2.96. The highest BCUT2D eigenvalue weighted by Gasteiger charge is 2.34. The summed E-state index contributed by atoms with van der Waals surface area (Å²) in [5.41, 5.74) is 0.437. The average Bonchev–Trinajstić information content (AvgIpc) is 2.36. The fourth-order valence-electron chi connectivity index (χ4n) is 2.22. The summed E-state index contributed by atoms with van der Waals surface area (Å²) >= 11 is 0. The maximum Gasteiger partial charge on any atom is 0.310 e. The van der Waals surface area contributed by atoms with E-state index in [-0.39, 0.29) is 13.1 Å². The molecule has 5 nitrogen and oxygen atoms in total. The molecule has 1 aromatic heterocycles. The van der Waals surface area contributed by atoms with Crippen molar-refractivity contribution in [2.75, 3.05) is 18.0 Å². The molecule has 1 N–H and O–H groups in total. The molecule has 0 spiro atoms. The fourth-order valence-corrected chi connectivity index (χ4v) is 2.22. The van der Waals surface area contributed by atoms with E-state index in [0.717, 1.165) is 0 Å². The average molecular weight is 279 g/mol. The molecule has 1 fully saturated rings. The molecule has 0 radical (unpaired) electrons. The highest BCUT2D eigenvalue weighted by Crippen LogP contribution is 2.31. The smallest absolute Gasteiger partial charge is 0.310 e. The number of carboxylic acid groups (broad SMARTS) is 1. The van der Waals surface area contributed by atoms with Gasteiger partial charge < -0.3 is 10.0 Å². The monoisotopic (exact) mass is 279 g/mol. The molecule has 2 aromatic rings. The van der Waals surface area contributed by atoms with Crippen molar-refractivity contribution in [3.63, 3.8) is 0 Å². The minimum atomic E-state index is -2.75. The van der Waals surface area contributed by atoms with E-state index in [1.807, 2.05) is 0 Å². The first kappa shape index (κ1) is 12.7. The molecule has 0 unspecified atom stereocenters. The van der Waals surface area contributed by atoms with Crippen LogP contribution in [-0.2, 0) is 4.79 Å². The Morgan fingerprint density at radius 3 is 2.65 bits per heavy atom. The largest absolute Gasteiger partial charge is 0.481 e. The second kappa shape index (κ2) is 4.66. The number of hydrogen-bond acceptors (Lipinski definition) is 4. The van der Waals surface area contributed by atoms with Gasteiger partial charge in [0.2, 0.25) is 0 Å². The summed E-state index contributed by atoms with van der Waals surface area (Å²) in [4.78, 5) is 20.2. The molecule has 0 aliphatic carbocycles. The van der Waals surface area contributed by atoms with Gasteiger partial charge in [-0.05, 0) is 12.1 Å². The van der Waals surface area contributed by atoms with Crippen LogP contribution >= 0.6 is 0 Å². The van der Waals surface area contributed by atoms with Crippen LogP contribution in [0.4, 0.5) is 14.6 Å². The second-order valence-electron chi connectivity index (χ2n) is 4.66. The topological polar surface area (TPSA) is 66.3 Å². The first-order chi connectivity index (χ1) is 9.56. The van der Waals surface area contributed by atoms with Gasteiger partial charge in [-0.15, -0.1) is 0 Å². The van der Waals surface area contributed by atoms with Gasteiger partial charge in [0, 0.05) is 18.5 Å². The Balaban J connectivity index is 2.03. The van der Waals surface area contributed by atoms with Crippen LogP contribution in [0.1, 0.15) is 12.2 Å². The number of benzene rings is 1. The van der Waals surface area contributed by atoms with Crippen LogP contribution in [0, 0.1) is 5.92 Å². The number of alkyl halides is 2. The van der Waals surface area contributed by atoms with E-state index in [0.29, 0.717) is 16.7 Å². The molecule has 1 saturated heterocycles. The standard InChI is InChI=1S/C13H11F2N3O2/c14-10(15)11-16-9-4-2-1-3-8(9)12(17-11)18-5-7(6-18)13(19)20/h1-4,7,10H,5-6H2,(H,19,20). The molecule has 104 valence electrons. The molecular weight excluding hydrogens is 268 g/mol. The number of aromatic nitrogens is 2. The zero-order chi connectivity index (χ0) is 14.3. The van der Waals surface area contributed by atoms with Gasteiger partial charge in [0.05, 0.1) is 11.4 Å². The third-order valence-corrected chi connectivity index (χ3v) is 3.33. The van der Waals surface area contributed by atoms with E-state index in [1.165, 1.54) is 0 Å². The van der Waals surface area contributed by atoms with Gasteiger partial charge in [0.25, 0.3) is 6.43 Å². The normalized spacial score (nSPS) is 15.7. The summed E-state index contributed by atoms with van der Waals surface area (Å²) in [6.45, 7) is 0.554. The zero-order valence-corrected chi connectivity index (χ0v) is 10.3. The van der Waals surface area contributed by atoms with Crippen LogP contribution in [0.25, 0.3) is 10.9 Å². The number of carboxylic acids is 1. The van der Waals surface area contributed by atoms with Crippen LogP contribution in [0.5, 0.6) is 0 Å². The Morgan fingerprint density at radius 1 is 1.30 bits per heavy atom. The molecule has 20 heavy (non-hydrogen) atoms. The molecular formula is C13H11F2N3O2. The van der Waals surface area contributed by atoms with Gasteiger partial charge in [0.1, 0.15) is 5.82 Å². The quantitative estimate of drug-likeness (QED) is 0.931. The van der Waals surface area contributed by atoms with Crippen molar-refractivity contribution in [3.8, 4) is 0 Å². The first-order valence-electron chi connectivity index (χ1n) is 6.09. The Hall–Kier alpha value is -2.31.